The van der Waals surface area contributed by atoms with Crippen molar-refractivity contribution in [3.63, 3.8) is 0 Å². The molecule has 0 fully saturated rings. The van der Waals surface area contributed by atoms with Crippen molar-refractivity contribution in [1.29, 1.82) is 0 Å². The molecule has 2 heterocycles. The summed E-state index contributed by atoms with van der Waals surface area (Å²) >= 11 is 1.57. The predicted molar refractivity (Wildman–Crippen MR) is 75.2 cm³/mol. The van der Waals surface area contributed by atoms with E-state index in [0.717, 1.165) is 20.8 Å². The van der Waals surface area contributed by atoms with Crippen molar-refractivity contribution < 1.29 is 0 Å². The molecule has 4 heteroatoms. The Morgan fingerprint density at radius 1 is 1.17 bits per heavy atom. The first kappa shape index (κ1) is 11.2. The maximum absolute atomic E-state index is 12.1. The van der Waals surface area contributed by atoms with Crippen molar-refractivity contribution in [3.05, 3.63) is 51.4 Å². The summed E-state index contributed by atoms with van der Waals surface area (Å²) in [7, 11) is 0. The van der Waals surface area contributed by atoms with E-state index < -0.39 is 0 Å². The number of aryl methyl sites for hydroxylation is 2. The van der Waals surface area contributed by atoms with Crippen molar-refractivity contribution in [2.45, 2.75) is 13.8 Å². The van der Waals surface area contributed by atoms with Crippen LogP contribution in [0.15, 0.2) is 35.1 Å². The lowest BCUT2D eigenvalue weighted by Gasteiger charge is -2.00. The molecule has 0 aliphatic heterocycles. The molecule has 18 heavy (non-hydrogen) atoms. The Balaban J connectivity index is 2.44. The van der Waals surface area contributed by atoms with Gasteiger partial charge in [-0.1, -0.05) is 30.3 Å². The third kappa shape index (κ3) is 1.66. The van der Waals surface area contributed by atoms with Crippen LogP contribution in [0.4, 0.5) is 0 Å². The number of thiophene rings is 1. The van der Waals surface area contributed by atoms with Gasteiger partial charge in [-0.3, -0.25) is 4.79 Å². The molecule has 1 aromatic carbocycles. The number of rotatable bonds is 1. The number of aromatic nitrogens is 2. The van der Waals surface area contributed by atoms with Crippen LogP contribution in [0.25, 0.3) is 21.3 Å². The summed E-state index contributed by atoms with van der Waals surface area (Å²) in [6, 6.07) is 9.98. The van der Waals surface area contributed by atoms with Crippen molar-refractivity contribution in [1.82, 2.24) is 9.97 Å². The topological polar surface area (TPSA) is 45.8 Å². The summed E-state index contributed by atoms with van der Waals surface area (Å²) in [5.74, 6) is 0.661. The van der Waals surface area contributed by atoms with E-state index >= 15 is 0 Å². The fourth-order valence-corrected chi connectivity index (χ4v) is 3.27. The Kier molecular flexibility index (Phi) is 2.52. The molecule has 0 amide bonds. The molecule has 0 aliphatic carbocycles. The summed E-state index contributed by atoms with van der Waals surface area (Å²) in [5.41, 5.74) is 2.02. The molecular weight excluding hydrogens is 244 g/mol. The zero-order chi connectivity index (χ0) is 12.7. The Morgan fingerprint density at radius 2 is 1.89 bits per heavy atom. The van der Waals surface area contributed by atoms with Gasteiger partial charge < -0.3 is 4.98 Å². The number of fused-ring (bicyclic) bond motifs is 1. The average Bonchev–Trinajstić information content (AvgIpc) is 2.66. The van der Waals surface area contributed by atoms with E-state index in [1.54, 1.807) is 18.3 Å². The van der Waals surface area contributed by atoms with Crippen molar-refractivity contribution in [2.24, 2.45) is 0 Å². The highest BCUT2D eigenvalue weighted by Crippen LogP contribution is 2.35. The second-order valence-corrected chi connectivity index (χ2v) is 5.43. The van der Waals surface area contributed by atoms with Crippen LogP contribution in [0.3, 0.4) is 0 Å². The maximum Gasteiger partial charge on any atom is 0.260 e. The molecular formula is C14H12N2OS. The fraction of sp³-hybridized carbons (Fsp3) is 0.143. The number of aromatic amines is 1. The van der Waals surface area contributed by atoms with Crippen molar-refractivity contribution in [3.8, 4) is 11.1 Å². The zero-order valence-corrected chi connectivity index (χ0v) is 11.0. The van der Waals surface area contributed by atoms with Gasteiger partial charge in [-0.2, -0.15) is 0 Å². The zero-order valence-electron chi connectivity index (χ0n) is 10.2. The Morgan fingerprint density at radius 3 is 2.61 bits per heavy atom. The molecule has 0 spiro atoms. The highest BCUT2D eigenvalue weighted by molar-refractivity contribution is 7.19. The van der Waals surface area contributed by atoms with Crippen molar-refractivity contribution >= 4 is 21.6 Å². The number of H-pyrrole nitrogens is 1. The fourth-order valence-electron chi connectivity index (χ4n) is 2.18. The molecule has 3 nitrogen and oxygen atoms in total. The quantitative estimate of drug-likeness (QED) is 0.726. The largest absolute Gasteiger partial charge is 0.310 e. The molecule has 3 aromatic rings. The SMILES string of the molecule is Cc1nc2sc(C)c(-c3ccccc3)c2c(=O)[nH]1. The van der Waals surface area contributed by atoms with Gasteiger partial charge in [0.15, 0.2) is 0 Å². The summed E-state index contributed by atoms with van der Waals surface area (Å²) in [5, 5.41) is 0.703. The van der Waals surface area contributed by atoms with Crippen LogP contribution >= 0.6 is 11.3 Å². The van der Waals surface area contributed by atoms with Gasteiger partial charge in [-0.25, -0.2) is 4.98 Å². The summed E-state index contributed by atoms with van der Waals surface area (Å²) in [6.07, 6.45) is 0. The standard InChI is InChI=1S/C14H12N2OS/c1-8-11(10-6-4-3-5-7-10)12-13(17)15-9(2)16-14(12)18-8/h3-7H,1-2H3,(H,15,16,17). The van der Waals surface area contributed by atoms with E-state index in [-0.39, 0.29) is 5.56 Å². The van der Waals surface area contributed by atoms with Crippen molar-refractivity contribution in [2.75, 3.05) is 0 Å². The monoisotopic (exact) mass is 256 g/mol. The first-order chi connectivity index (χ1) is 8.66. The smallest absolute Gasteiger partial charge is 0.260 e. The summed E-state index contributed by atoms with van der Waals surface area (Å²) in [6.45, 7) is 3.83. The Bertz CT molecular complexity index is 772. The van der Waals surface area contributed by atoms with E-state index in [9.17, 15) is 4.79 Å². The molecule has 0 atom stereocenters. The molecule has 1 N–H and O–H groups in total. The van der Waals surface area contributed by atoms with Crippen LogP contribution in [0, 0.1) is 13.8 Å². The molecule has 3 rings (SSSR count). The Hall–Kier alpha value is -1.94. The van der Waals surface area contributed by atoms with Crippen LogP contribution in [-0.4, -0.2) is 9.97 Å². The van der Waals surface area contributed by atoms with E-state index in [4.69, 9.17) is 0 Å². The number of hydrogen-bond donors (Lipinski definition) is 1. The number of nitrogens with zero attached hydrogens (tertiary/aromatic N) is 1. The molecule has 90 valence electrons. The number of hydrogen-bond acceptors (Lipinski definition) is 3. The molecule has 2 aromatic heterocycles. The summed E-state index contributed by atoms with van der Waals surface area (Å²) < 4.78 is 0. The average molecular weight is 256 g/mol. The minimum Gasteiger partial charge on any atom is -0.310 e. The molecule has 0 unspecified atom stereocenters. The molecule has 0 saturated carbocycles. The van der Waals surface area contributed by atoms with E-state index in [1.807, 2.05) is 37.3 Å². The van der Waals surface area contributed by atoms with Crippen LogP contribution < -0.4 is 5.56 Å². The van der Waals surface area contributed by atoms with Gasteiger partial charge in [-0.15, -0.1) is 11.3 Å². The predicted octanol–water partition coefficient (Wildman–Crippen LogP) is 3.27. The summed E-state index contributed by atoms with van der Waals surface area (Å²) in [4.78, 5) is 21.2. The lowest BCUT2D eigenvalue weighted by molar-refractivity contribution is 1.07. The molecule has 0 aliphatic rings. The normalized spacial score (nSPS) is 11.0. The second-order valence-electron chi connectivity index (χ2n) is 4.23. The minimum absolute atomic E-state index is 0.0549. The lowest BCUT2D eigenvalue weighted by atomic mass is 10.0. The van der Waals surface area contributed by atoms with Gasteiger partial charge in [0.05, 0.1) is 5.39 Å². The third-order valence-corrected chi connectivity index (χ3v) is 3.92. The number of nitrogens with one attached hydrogen (secondary N) is 1. The van der Waals surface area contributed by atoms with Crippen LogP contribution in [0.2, 0.25) is 0 Å². The first-order valence-electron chi connectivity index (χ1n) is 5.72. The van der Waals surface area contributed by atoms with E-state index in [0.29, 0.717) is 11.2 Å². The van der Waals surface area contributed by atoms with Crippen LogP contribution in [-0.2, 0) is 0 Å². The van der Waals surface area contributed by atoms with E-state index in [2.05, 4.69) is 9.97 Å². The molecule has 0 bridgehead atoms. The Labute approximate surface area is 108 Å². The molecule has 0 radical (unpaired) electrons. The number of benzene rings is 1. The van der Waals surface area contributed by atoms with Gasteiger partial charge in [0.2, 0.25) is 0 Å². The maximum atomic E-state index is 12.1. The third-order valence-electron chi connectivity index (χ3n) is 2.92. The van der Waals surface area contributed by atoms with Crippen LogP contribution in [0.1, 0.15) is 10.7 Å². The van der Waals surface area contributed by atoms with Gasteiger partial charge in [-0.05, 0) is 19.4 Å². The lowest BCUT2D eigenvalue weighted by Crippen LogP contribution is -2.08. The first-order valence-corrected chi connectivity index (χ1v) is 6.54. The second kappa shape index (κ2) is 4.07. The van der Waals surface area contributed by atoms with Crippen LogP contribution in [0.5, 0.6) is 0 Å². The van der Waals surface area contributed by atoms with Gasteiger partial charge in [0.1, 0.15) is 10.7 Å². The van der Waals surface area contributed by atoms with Gasteiger partial charge >= 0.3 is 0 Å². The highest BCUT2D eigenvalue weighted by atomic mass is 32.1. The highest BCUT2D eigenvalue weighted by Gasteiger charge is 2.15. The van der Waals surface area contributed by atoms with E-state index in [1.165, 1.54) is 0 Å². The minimum atomic E-state index is -0.0549. The van der Waals surface area contributed by atoms with Gasteiger partial charge in [0.25, 0.3) is 5.56 Å². The molecule has 0 saturated heterocycles. The van der Waals surface area contributed by atoms with Gasteiger partial charge in [0, 0.05) is 10.4 Å².